The Morgan fingerprint density at radius 3 is 2.43 bits per heavy atom. The molecule has 0 bridgehead atoms. The molecule has 14 heavy (non-hydrogen) atoms. The first-order valence-electron chi connectivity index (χ1n) is 4.73. The minimum absolute atomic E-state index is 0.369. The molecule has 1 aromatic heterocycles. The van der Waals surface area contributed by atoms with Crippen molar-refractivity contribution in [2.75, 3.05) is 0 Å². The summed E-state index contributed by atoms with van der Waals surface area (Å²) in [6.45, 7) is 4.38. The van der Waals surface area contributed by atoms with Crippen LogP contribution in [-0.4, -0.2) is 18.7 Å². The van der Waals surface area contributed by atoms with E-state index in [1.54, 1.807) is 0 Å². The number of nitrogens with zero attached hydrogens (tertiary/aromatic N) is 1. The van der Waals surface area contributed by atoms with Crippen molar-refractivity contribution in [3.63, 3.8) is 0 Å². The predicted octanol–water partition coefficient (Wildman–Crippen LogP) is 2.35. The molecule has 0 saturated carbocycles. The number of benzene rings is 1. The van der Waals surface area contributed by atoms with Gasteiger partial charge in [0.05, 0.1) is 0 Å². The summed E-state index contributed by atoms with van der Waals surface area (Å²) < 4.78 is 6.07. The van der Waals surface area contributed by atoms with Gasteiger partial charge in [-0.2, -0.15) is 0 Å². The third-order valence-corrected chi connectivity index (χ3v) is 4.34. The first kappa shape index (κ1) is 9.69. The second kappa shape index (κ2) is 4.12. The molecule has 72 valence electrons. The molecule has 0 aliphatic carbocycles. The Labute approximate surface area is 90.8 Å². The SMILES string of the molecule is Cc1[se]nc(Cc2ccccc2)c1C. The molecule has 0 atom stereocenters. The molecule has 0 amide bonds. The Morgan fingerprint density at radius 2 is 1.86 bits per heavy atom. The molecular formula is C12H13NSe. The predicted molar refractivity (Wildman–Crippen MR) is 59.9 cm³/mol. The topological polar surface area (TPSA) is 12.9 Å². The number of aromatic nitrogens is 1. The van der Waals surface area contributed by atoms with Gasteiger partial charge in [-0.25, -0.2) is 0 Å². The molecule has 2 rings (SSSR count). The van der Waals surface area contributed by atoms with E-state index < -0.39 is 0 Å². The van der Waals surface area contributed by atoms with Crippen LogP contribution in [-0.2, 0) is 6.42 Å². The van der Waals surface area contributed by atoms with Gasteiger partial charge in [-0.3, -0.25) is 0 Å². The fraction of sp³-hybridized carbons (Fsp3) is 0.250. The first-order chi connectivity index (χ1) is 6.77. The third kappa shape index (κ3) is 1.97. The van der Waals surface area contributed by atoms with E-state index in [1.807, 2.05) is 0 Å². The molecule has 2 heteroatoms. The van der Waals surface area contributed by atoms with Crippen LogP contribution in [0.25, 0.3) is 0 Å². The van der Waals surface area contributed by atoms with Crippen LogP contribution in [0, 0.1) is 13.8 Å². The van der Waals surface area contributed by atoms with E-state index in [-0.39, 0.29) is 0 Å². The number of rotatable bonds is 2. The molecule has 0 spiro atoms. The summed E-state index contributed by atoms with van der Waals surface area (Å²) in [7, 11) is 0. The van der Waals surface area contributed by atoms with E-state index in [0.717, 1.165) is 6.42 Å². The van der Waals surface area contributed by atoms with Crippen LogP contribution in [0.15, 0.2) is 30.3 Å². The molecule has 0 radical (unpaired) electrons. The summed E-state index contributed by atoms with van der Waals surface area (Å²) in [6, 6.07) is 10.6. The van der Waals surface area contributed by atoms with Gasteiger partial charge in [0.25, 0.3) is 0 Å². The maximum absolute atomic E-state index is 4.60. The average molecular weight is 250 g/mol. The van der Waals surface area contributed by atoms with Crippen molar-refractivity contribution in [2.24, 2.45) is 0 Å². The van der Waals surface area contributed by atoms with Gasteiger partial charge < -0.3 is 0 Å². The van der Waals surface area contributed by atoms with Crippen molar-refractivity contribution in [3.8, 4) is 0 Å². The Kier molecular flexibility index (Phi) is 2.85. The fourth-order valence-electron chi connectivity index (χ4n) is 1.42. The van der Waals surface area contributed by atoms with Gasteiger partial charge in [-0.15, -0.1) is 0 Å². The van der Waals surface area contributed by atoms with Crippen molar-refractivity contribution >= 4 is 14.7 Å². The summed E-state index contributed by atoms with van der Waals surface area (Å²) in [4.78, 5) is 0. The van der Waals surface area contributed by atoms with Gasteiger partial charge in [0.1, 0.15) is 0 Å². The van der Waals surface area contributed by atoms with Crippen LogP contribution in [0.1, 0.15) is 21.3 Å². The standard InChI is InChI=1S/C12H13NSe/c1-9-10(2)14-13-12(9)8-11-6-4-3-5-7-11/h3-7H,8H2,1-2H3. The van der Waals surface area contributed by atoms with Crippen molar-refractivity contribution in [1.29, 1.82) is 0 Å². The minimum atomic E-state index is 0.369. The third-order valence-electron chi connectivity index (χ3n) is 2.47. The molecular weight excluding hydrogens is 237 g/mol. The van der Waals surface area contributed by atoms with Crippen LogP contribution in [0.3, 0.4) is 0 Å². The Hall–Kier alpha value is -0.851. The summed E-state index contributed by atoms with van der Waals surface area (Å²) in [5.74, 6) is 0. The molecule has 0 fully saturated rings. The second-order valence-electron chi connectivity index (χ2n) is 3.47. The van der Waals surface area contributed by atoms with Gasteiger partial charge in [-0.1, -0.05) is 0 Å². The zero-order chi connectivity index (χ0) is 9.97. The Morgan fingerprint density at radius 1 is 1.14 bits per heavy atom. The van der Waals surface area contributed by atoms with Crippen molar-refractivity contribution in [3.05, 3.63) is 51.6 Å². The normalized spacial score (nSPS) is 10.4. The number of hydrogen-bond donors (Lipinski definition) is 0. The van der Waals surface area contributed by atoms with Gasteiger partial charge in [0.15, 0.2) is 0 Å². The summed E-state index contributed by atoms with van der Waals surface area (Å²) >= 11 is 0.369. The van der Waals surface area contributed by atoms with Crippen molar-refractivity contribution in [1.82, 2.24) is 3.98 Å². The number of aryl methyl sites for hydroxylation is 1. The summed E-state index contributed by atoms with van der Waals surface area (Å²) in [5.41, 5.74) is 4.05. The van der Waals surface area contributed by atoms with E-state index in [0.29, 0.717) is 14.7 Å². The average Bonchev–Trinajstić information content (AvgIpc) is 2.52. The van der Waals surface area contributed by atoms with Gasteiger partial charge in [0, 0.05) is 0 Å². The van der Waals surface area contributed by atoms with Crippen LogP contribution in [0.5, 0.6) is 0 Å². The van der Waals surface area contributed by atoms with Crippen LogP contribution < -0.4 is 0 Å². The summed E-state index contributed by atoms with van der Waals surface area (Å²) in [5, 5.41) is 0. The molecule has 1 nitrogen and oxygen atoms in total. The van der Waals surface area contributed by atoms with E-state index in [4.69, 9.17) is 0 Å². The van der Waals surface area contributed by atoms with E-state index in [1.165, 1.54) is 21.3 Å². The molecule has 2 aromatic rings. The van der Waals surface area contributed by atoms with Crippen molar-refractivity contribution in [2.45, 2.75) is 20.3 Å². The van der Waals surface area contributed by atoms with Crippen LogP contribution in [0.4, 0.5) is 0 Å². The molecule has 0 aliphatic rings. The quantitative estimate of drug-likeness (QED) is 0.745. The van der Waals surface area contributed by atoms with Gasteiger partial charge in [-0.05, 0) is 0 Å². The second-order valence-corrected chi connectivity index (χ2v) is 5.52. The Bertz CT molecular complexity index is 417. The van der Waals surface area contributed by atoms with Crippen molar-refractivity contribution < 1.29 is 0 Å². The molecule has 1 aromatic carbocycles. The van der Waals surface area contributed by atoms with E-state index in [2.05, 4.69) is 48.2 Å². The number of hydrogen-bond acceptors (Lipinski definition) is 1. The van der Waals surface area contributed by atoms with E-state index in [9.17, 15) is 0 Å². The zero-order valence-corrected chi connectivity index (χ0v) is 10.2. The zero-order valence-electron chi connectivity index (χ0n) is 8.45. The molecule has 0 aliphatic heterocycles. The molecule has 0 saturated heterocycles. The van der Waals surface area contributed by atoms with Crippen LogP contribution >= 0.6 is 0 Å². The van der Waals surface area contributed by atoms with Crippen LogP contribution in [0.2, 0.25) is 0 Å². The van der Waals surface area contributed by atoms with Gasteiger partial charge >= 0.3 is 90.6 Å². The fourth-order valence-corrected chi connectivity index (χ4v) is 2.89. The monoisotopic (exact) mass is 251 g/mol. The summed E-state index contributed by atoms with van der Waals surface area (Å²) in [6.07, 6.45) is 0.992. The molecule has 0 N–H and O–H groups in total. The molecule has 0 unspecified atom stereocenters. The maximum atomic E-state index is 4.60. The Balaban J connectivity index is 2.23. The van der Waals surface area contributed by atoms with Gasteiger partial charge in [0.2, 0.25) is 0 Å². The first-order valence-corrected chi connectivity index (χ1v) is 6.35. The van der Waals surface area contributed by atoms with E-state index >= 15 is 0 Å². The molecule has 1 heterocycles.